The van der Waals surface area contributed by atoms with Crippen LogP contribution in [0.1, 0.15) is 34.6 Å². The number of hydrogen-bond acceptors (Lipinski definition) is 2. The number of primary amides is 1. The lowest BCUT2D eigenvalue weighted by molar-refractivity contribution is 0.0705. The molecule has 1 aliphatic rings. The number of nitrogens with zero attached hydrogens (tertiary/aromatic N) is 1. The summed E-state index contributed by atoms with van der Waals surface area (Å²) in [6.07, 6.45) is 3.92. The number of hydrogen-bond donors (Lipinski definition) is 1. The third-order valence-corrected chi connectivity index (χ3v) is 3.49. The number of amides is 2. The molecule has 0 saturated heterocycles. The molecule has 2 rings (SSSR count). The van der Waals surface area contributed by atoms with Crippen molar-refractivity contribution in [1.82, 2.24) is 4.90 Å². The SMILES string of the molecule is CC1C=CC(C)N1C(=O)c1ccc(Cl)cc1C(N)=O. The second kappa shape index (κ2) is 5.05. The number of halogens is 1. The van der Waals surface area contributed by atoms with Gasteiger partial charge in [-0.3, -0.25) is 9.59 Å². The van der Waals surface area contributed by atoms with Crippen LogP contribution in [-0.2, 0) is 0 Å². The summed E-state index contributed by atoms with van der Waals surface area (Å²) in [5.41, 5.74) is 5.75. The molecule has 1 heterocycles. The van der Waals surface area contributed by atoms with Crippen molar-refractivity contribution in [3.05, 3.63) is 46.5 Å². The average molecular weight is 279 g/mol. The predicted molar refractivity (Wildman–Crippen MR) is 74.2 cm³/mol. The smallest absolute Gasteiger partial charge is 0.255 e. The summed E-state index contributed by atoms with van der Waals surface area (Å²) in [6, 6.07) is 4.55. The van der Waals surface area contributed by atoms with Gasteiger partial charge in [0.1, 0.15) is 0 Å². The molecule has 19 heavy (non-hydrogen) atoms. The summed E-state index contributed by atoms with van der Waals surface area (Å²) >= 11 is 5.84. The molecular weight excluding hydrogens is 264 g/mol. The second-order valence-electron chi connectivity index (χ2n) is 4.63. The first kappa shape index (κ1) is 13.6. The Morgan fingerprint density at radius 3 is 2.26 bits per heavy atom. The van der Waals surface area contributed by atoms with Crippen LogP contribution in [0.5, 0.6) is 0 Å². The van der Waals surface area contributed by atoms with E-state index in [1.807, 2.05) is 26.0 Å². The maximum atomic E-state index is 12.5. The molecule has 1 aromatic carbocycles. The fraction of sp³-hybridized carbons (Fsp3) is 0.286. The molecular formula is C14H15ClN2O2. The number of carbonyl (C=O) groups is 2. The van der Waals surface area contributed by atoms with Gasteiger partial charge in [0.25, 0.3) is 5.91 Å². The van der Waals surface area contributed by atoms with Gasteiger partial charge in [-0.15, -0.1) is 0 Å². The molecule has 0 radical (unpaired) electrons. The van der Waals surface area contributed by atoms with E-state index in [9.17, 15) is 9.59 Å². The zero-order valence-corrected chi connectivity index (χ0v) is 11.5. The van der Waals surface area contributed by atoms with Gasteiger partial charge in [-0.1, -0.05) is 23.8 Å². The summed E-state index contributed by atoms with van der Waals surface area (Å²) in [5.74, 6) is -0.867. The predicted octanol–water partition coefficient (Wildman–Crippen LogP) is 2.23. The zero-order chi connectivity index (χ0) is 14.2. The minimum absolute atomic E-state index is 0.00101. The van der Waals surface area contributed by atoms with E-state index in [0.29, 0.717) is 10.6 Å². The maximum absolute atomic E-state index is 12.5. The third kappa shape index (κ3) is 2.49. The standard InChI is InChI=1S/C14H15ClN2O2/c1-8-3-4-9(2)17(8)14(19)11-6-5-10(15)7-12(11)13(16)18/h3-9H,1-2H3,(H2,16,18). The molecule has 0 spiro atoms. The van der Waals surface area contributed by atoms with Crippen LogP contribution < -0.4 is 5.73 Å². The fourth-order valence-electron chi connectivity index (χ4n) is 2.29. The highest BCUT2D eigenvalue weighted by atomic mass is 35.5. The minimum atomic E-state index is -0.654. The van der Waals surface area contributed by atoms with Crippen LogP contribution in [0.15, 0.2) is 30.4 Å². The number of nitrogens with two attached hydrogens (primary N) is 1. The number of carbonyl (C=O) groups excluding carboxylic acids is 2. The van der Waals surface area contributed by atoms with Crippen LogP contribution >= 0.6 is 11.6 Å². The van der Waals surface area contributed by atoms with Gasteiger partial charge < -0.3 is 10.6 Å². The Labute approximate surface area is 116 Å². The van der Waals surface area contributed by atoms with Gasteiger partial charge >= 0.3 is 0 Å². The van der Waals surface area contributed by atoms with E-state index in [4.69, 9.17) is 17.3 Å². The highest BCUT2D eigenvalue weighted by Crippen LogP contribution is 2.23. The highest BCUT2D eigenvalue weighted by molar-refractivity contribution is 6.31. The minimum Gasteiger partial charge on any atom is -0.366 e. The number of benzene rings is 1. The molecule has 1 aromatic rings. The van der Waals surface area contributed by atoms with Crippen LogP contribution in [0.3, 0.4) is 0 Å². The van der Waals surface area contributed by atoms with Gasteiger partial charge in [0.2, 0.25) is 5.91 Å². The first-order valence-electron chi connectivity index (χ1n) is 6.02. The summed E-state index contributed by atoms with van der Waals surface area (Å²) in [7, 11) is 0. The fourth-order valence-corrected chi connectivity index (χ4v) is 2.47. The lowest BCUT2D eigenvalue weighted by atomic mass is 10.0. The molecule has 2 amide bonds. The monoisotopic (exact) mass is 278 g/mol. The Morgan fingerprint density at radius 1 is 1.16 bits per heavy atom. The van der Waals surface area contributed by atoms with Crippen LogP contribution in [0.4, 0.5) is 0 Å². The molecule has 0 aliphatic carbocycles. The van der Waals surface area contributed by atoms with Crippen molar-refractivity contribution in [1.29, 1.82) is 0 Å². The topological polar surface area (TPSA) is 63.4 Å². The van der Waals surface area contributed by atoms with Crippen molar-refractivity contribution >= 4 is 23.4 Å². The molecule has 0 bridgehead atoms. The molecule has 0 saturated carbocycles. The van der Waals surface area contributed by atoms with E-state index in [0.717, 1.165) is 0 Å². The summed E-state index contributed by atoms with van der Waals surface area (Å²) in [6.45, 7) is 3.86. The Morgan fingerprint density at radius 2 is 1.74 bits per heavy atom. The molecule has 0 fully saturated rings. The average Bonchev–Trinajstić information content (AvgIpc) is 2.68. The van der Waals surface area contributed by atoms with Crippen LogP contribution in [0, 0.1) is 0 Å². The Bertz CT molecular complexity index is 557. The lowest BCUT2D eigenvalue weighted by Gasteiger charge is -2.27. The quantitative estimate of drug-likeness (QED) is 0.843. The van der Waals surface area contributed by atoms with Gasteiger partial charge in [0, 0.05) is 17.1 Å². The Hall–Kier alpha value is -1.81. The van der Waals surface area contributed by atoms with E-state index in [1.165, 1.54) is 6.07 Å². The van der Waals surface area contributed by atoms with Crippen LogP contribution in [0.25, 0.3) is 0 Å². The van der Waals surface area contributed by atoms with Crippen LogP contribution in [0.2, 0.25) is 5.02 Å². The second-order valence-corrected chi connectivity index (χ2v) is 5.07. The largest absolute Gasteiger partial charge is 0.366 e. The van der Waals surface area contributed by atoms with Crippen molar-refractivity contribution in [2.75, 3.05) is 0 Å². The van der Waals surface area contributed by atoms with Gasteiger partial charge in [0.05, 0.1) is 11.1 Å². The Kier molecular flexibility index (Phi) is 3.62. The molecule has 2 unspecified atom stereocenters. The molecule has 4 nitrogen and oxygen atoms in total. The van der Waals surface area contributed by atoms with E-state index < -0.39 is 5.91 Å². The first-order chi connectivity index (χ1) is 8.91. The molecule has 0 aromatic heterocycles. The van der Waals surface area contributed by atoms with Gasteiger partial charge in [-0.05, 0) is 32.0 Å². The van der Waals surface area contributed by atoms with Gasteiger partial charge in [-0.2, -0.15) is 0 Å². The number of rotatable bonds is 2. The molecule has 1 aliphatic heterocycles. The summed E-state index contributed by atoms with van der Waals surface area (Å²) in [5, 5.41) is 0.381. The van der Waals surface area contributed by atoms with Crippen molar-refractivity contribution in [3.8, 4) is 0 Å². The molecule has 5 heteroatoms. The molecule has 2 atom stereocenters. The lowest BCUT2D eigenvalue weighted by Crippen LogP contribution is -2.40. The third-order valence-electron chi connectivity index (χ3n) is 3.26. The summed E-state index contributed by atoms with van der Waals surface area (Å²) in [4.78, 5) is 25.7. The highest BCUT2D eigenvalue weighted by Gasteiger charge is 2.29. The van der Waals surface area contributed by atoms with Crippen molar-refractivity contribution < 1.29 is 9.59 Å². The van der Waals surface area contributed by atoms with E-state index in [1.54, 1.807) is 17.0 Å². The normalized spacial score (nSPS) is 21.7. The zero-order valence-electron chi connectivity index (χ0n) is 10.8. The Balaban J connectivity index is 2.42. The van der Waals surface area contributed by atoms with Gasteiger partial charge in [0.15, 0.2) is 0 Å². The van der Waals surface area contributed by atoms with E-state index in [-0.39, 0.29) is 23.6 Å². The molecule has 2 N–H and O–H groups in total. The maximum Gasteiger partial charge on any atom is 0.255 e. The van der Waals surface area contributed by atoms with Crippen molar-refractivity contribution in [2.45, 2.75) is 25.9 Å². The summed E-state index contributed by atoms with van der Waals surface area (Å²) < 4.78 is 0. The van der Waals surface area contributed by atoms with Crippen LogP contribution in [-0.4, -0.2) is 28.8 Å². The first-order valence-corrected chi connectivity index (χ1v) is 6.40. The van der Waals surface area contributed by atoms with E-state index >= 15 is 0 Å². The van der Waals surface area contributed by atoms with E-state index in [2.05, 4.69) is 0 Å². The van der Waals surface area contributed by atoms with Gasteiger partial charge in [-0.25, -0.2) is 0 Å². The molecule has 100 valence electrons. The van der Waals surface area contributed by atoms with Crippen molar-refractivity contribution in [3.63, 3.8) is 0 Å². The van der Waals surface area contributed by atoms with Crippen molar-refractivity contribution in [2.24, 2.45) is 5.73 Å².